The molecule has 1 aromatic heterocycles. The Kier molecular flexibility index (Phi) is 6.05. The maximum Gasteiger partial charge on any atom is 0.307 e. The standard InChI is InChI=1S/C15H25N7O2S/c1-2-3-11(14(23)24)12(13-18-20-21-19-13)8-10-9-17-15(25-10)22-6-4-16-5-7-22/h9,11-12,16,20-21H,2-8H2,1H3,(H,18,19)(H,23,24). The molecule has 2 atom stereocenters. The third kappa shape index (κ3) is 4.39. The number of amidine groups is 1. The lowest BCUT2D eigenvalue weighted by molar-refractivity contribution is -0.143. The van der Waals surface area contributed by atoms with E-state index in [0.29, 0.717) is 18.7 Å². The monoisotopic (exact) mass is 367 g/mol. The van der Waals surface area contributed by atoms with Crippen molar-refractivity contribution in [3.8, 4) is 0 Å². The van der Waals surface area contributed by atoms with Crippen molar-refractivity contribution < 1.29 is 9.90 Å². The van der Waals surface area contributed by atoms with Crippen molar-refractivity contribution in [2.24, 2.45) is 16.9 Å². The van der Waals surface area contributed by atoms with Crippen LogP contribution in [-0.4, -0.2) is 48.1 Å². The molecule has 1 saturated heterocycles. The van der Waals surface area contributed by atoms with Gasteiger partial charge in [0.25, 0.3) is 0 Å². The molecule has 0 amide bonds. The highest BCUT2D eigenvalue weighted by atomic mass is 32.1. The Labute approximate surface area is 150 Å². The van der Waals surface area contributed by atoms with Gasteiger partial charge in [0.2, 0.25) is 0 Å². The van der Waals surface area contributed by atoms with Gasteiger partial charge >= 0.3 is 5.97 Å². The third-order valence-electron chi connectivity index (χ3n) is 4.53. The first-order valence-corrected chi connectivity index (χ1v) is 9.47. The van der Waals surface area contributed by atoms with Crippen LogP contribution in [0.2, 0.25) is 0 Å². The lowest BCUT2D eigenvalue weighted by atomic mass is 9.85. The van der Waals surface area contributed by atoms with Gasteiger partial charge in [-0.1, -0.05) is 13.3 Å². The summed E-state index contributed by atoms with van der Waals surface area (Å²) in [6.07, 6.45) is 3.91. The van der Waals surface area contributed by atoms with Crippen LogP contribution in [0.3, 0.4) is 0 Å². The lowest BCUT2D eigenvalue weighted by Gasteiger charge is -2.26. The zero-order valence-electron chi connectivity index (χ0n) is 14.3. The number of carbonyl (C=O) groups is 1. The van der Waals surface area contributed by atoms with Crippen molar-refractivity contribution >= 4 is 28.3 Å². The summed E-state index contributed by atoms with van der Waals surface area (Å²) in [6.45, 7) is 5.83. The summed E-state index contributed by atoms with van der Waals surface area (Å²) in [7, 11) is 0. The van der Waals surface area contributed by atoms with Crippen LogP contribution < -0.4 is 26.7 Å². The number of thiazole rings is 1. The maximum absolute atomic E-state index is 11.8. The summed E-state index contributed by atoms with van der Waals surface area (Å²) in [4.78, 5) is 19.7. The van der Waals surface area contributed by atoms with Crippen molar-refractivity contribution in [3.63, 3.8) is 0 Å². The largest absolute Gasteiger partial charge is 0.481 e. The molecular formula is C15H25N7O2S. The van der Waals surface area contributed by atoms with E-state index in [0.717, 1.165) is 42.6 Å². The molecule has 10 heteroatoms. The fourth-order valence-corrected chi connectivity index (χ4v) is 4.25. The van der Waals surface area contributed by atoms with Crippen LogP contribution in [0, 0.1) is 11.8 Å². The summed E-state index contributed by atoms with van der Waals surface area (Å²) in [5.41, 5.74) is 8.28. The summed E-state index contributed by atoms with van der Waals surface area (Å²) in [5.74, 6) is -0.855. The molecule has 2 unspecified atom stereocenters. The van der Waals surface area contributed by atoms with Crippen molar-refractivity contribution in [2.75, 3.05) is 31.1 Å². The minimum absolute atomic E-state index is 0.226. The summed E-state index contributed by atoms with van der Waals surface area (Å²) >= 11 is 1.64. The molecule has 3 rings (SSSR count). The Morgan fingerprint density at radius 3 is 2.88 bits per heavy atom. The van der Waals surface area contributed by atoms with Gasteiger partial charge in [0.15, 0.2) is 5.13 Å². The van der Waals surface area contributed by atoms with E-state index in [9.17, 15) is 9.90 Å². The van der Waals surface area contributed by atoms with E-state index in [1.54, 1.807) is 11.3 Å². The van der Waals surface area contributed by atoms with Crippen LogP contribution in [-0.2, 0) is 11.2 Å². The number of anilines is 1. The molecule has 0 aromatic carbocycles. The highest BCUT2D eigenvalue weighted by molar-refractivity contribution is 7.15. The predicted molar refractivity (Wildman–Crippen MR) is 97.3 cm³/mol. The van der Waals surface area contributed by atoms with Crippen LogP contribution in [0.25, 0.3) is 0 Å². The molecule has 2 aliphatic rings. The minimum Gasteiger partial charge on any atom is -0.481 e. The quantitative estimate of drug-likeness (QED) is 0.441. The first kappa shape index (κ1) is 17.9. The van der Waals surface area contributed by atoms with Crippen molar-refractivity contribution in [1.29, 1.82) is 0 Å². The number of carboxylic acids is 1. The maximum atomic E-state index is 11.8. The SMILES string of the molecule is CCCC(C(=O)O)C(Cc1cnc(N2CCNCC2)s1)C1=NNNN1. The Bertz CT molecular complexity index is 615. The van der Waals surface area contributed by atoms with Gasteiger partial charge in [-0.05, 0) is 12.8 Å². The number of hydrazone groups is 1. The van der Waals surface area contributed by atoms with Gasteiger partial charge in [-0.3, -0.25) is 10.2 Å². The molecule has 0 bridgehead atoms. The number of hydrogen-bond acceptors (Lipinski definition) is 9. The Morgan fingerprint density at radius 2 is 2.24 bits per heavy atom. The van der Waals surface area contributed by atoms with Gasteiger partial charge in [-0.15, -0.1) is 22.0 Å². The van der Waals surface area contributed by atoms with Gasteiger partial charge < -0.3 is 15.3 Å². The van der Waals surface area contributed by atoms with Crippen LogP contribution in [0.1, 0.15) is 24.6 Å². The molecule has 0 spiro atoms. The molecule has 9 nitrogen and oxygen atoms in total. The molecule has 3 heterocycles. The smallest absolute Gasteiger partial charge is 0.307 e. The van der Waals surface area contributed by atoms with E-state index < -0.39 is 11.9 Å². The van der Waals surface area contributed by atoms with E-state index in [1.807, 2.05) is 13.1 Å². The minimum atomic E-state index is -0.782. The summed E-state index contributed by atoms with van der Waals surface area (Å²) in [5, 5.41) is 18.2. The average molecular weight is 367 g/mol. The highest BCUT2D eigenvalue weighted by Gasteiger charge is 2.33. The fraction of sp³-hybridized carbons (Fsp3) is 0.667. The second-order valence-electron chi connectivity index (χ2n) is 6.25. The Morgan fingerprint density at radius 1 is 1.44 bits per heavy atom. The molecule has 25 heavy (non-hydrogen) atoms. The Balaban J connectivity index is 1.75. The van der Waals surface area contributed by atoms with Crippen LogP contribution in [0.5, 0.6) is 0 Å². The third-order valence-corrected chi connectivity index (χ3v) is 5.61. The number of hydrogen-bond donors (Lipinski definition) is 5. The molecule has 0 radical (unpaired) electrons. The van der Waals surface area contributed by atoms with Crippen molar-refractivity contribution in [1.82, 2.24) is 26.8 Å². The molecule has 0 aliphatic carbocycles. The second kappa shape index (κ2) is 8.45. The van der Waals surface area contributed by atoms with Crippen LogP contribution in [0.4, 0.5) is 5.13 Å². The lowest BCUT2D eigenvalue weighted by Crippen LogP contribution is -2.43. The number of nitrogens with zero attached hydrogens (tertiary/aromatic N) is 3. The molecule has 1 fully saturated rings. The zero-order valence-corrected chi connectivity index (χ0v) is 15.1. The molecular weight excluding hydrogens is 342 g/mol. The number of nitrogens with one attached hydrogen (secondary N) is 4. The highest BCUT2D eigenvalue weighted by Crippen LogP contribution is 2.29. The van der Waals surface area contributed by atoms with E-state index in [4.69, 9.17) is 0 Å². The van der Waals surface area contributed by atoms with E-state index in [1.165, 1.54) is 0 Å². The fourth-order valence-electron chi connectivity index (χ4n) is 3.23. The average Bonchev–Trinajstić information content (AvgIpc) is 3.30. The number of piperazine rings is 1. The summed E-state index contributed by atoms with van der Waals surface area (Å²) in [6, 6.07) is 0. The topological polar surface area (TPSA) is 114 Å². The summed E-state index contributed by atoms with van der Waals surface area (Å²) < 4.78 is 0. The van der Waals surface area contributed by atoms with E-state index >= 15 is 0 Å². The number of aliphatic carboxylic acids is 1. The first-order chi connectivity index (χ1) is 12.2. The zero-order chi connectivity index (χ0) is 17.6. The van der Waals surface area contributed by atoms with Crippen molar-refractivity contribution in [2.45, 2.75) is 26.2 Å². The van der Waals surface area contributed by atoms with Crippen molar-refractivity contribution in [3.05, 3.63) is 11.1 Å². The van der Waals surface area contributed by atoms with E-state index in [-0.39, 0.29) is 5.92 Å². The second-order valence-corrected chi connectivity index (χ2v) is 7.34. The van der Waals surface area contributed by atoms with Gasteiger partial charge in [0.1, 0.15) is 5.84 Å². The number of hydrazine groups is 2. The normalized spacial score (nSPS) is 19.7. The van der Waals surface area contributed by atoms with Crippen LogP contribution >= 0.6 is 11.3 Å². The molecule has 0 saturated carbocycles. The molecule has 1 aromatic rings. The van der Waals surface area contributed by atoms with Gasteiger partial charge in [-0.2, -0.15) is 0 Å². The molecule has 5 N–H and O–H groups in total. The van der Waals surface area contributed by atoms with Gasteiger partial charge in [-0.25, -0.2) is 10.5 Å². The number of carboxylic acid groups (broad SMARTS) is 1. The number of rotatable bonds is 8. The molecule has 138 valence electrons. The Hall–Kier alpha value is -1.91. The first-order valence-electron chi connectivity index (χ1n) is 8.65. The number of aromatic nitrogens is 1. The van der Waals surface area contributed by atoms with Gasteiger partial charge in [0, 0.05) is 43.2 Å². The predicted octanol–water partition coefficient (Wildman–Crippen LogP) is 0.138. The molecule has 2 aliphatic heterocycles. The van der Waals surface area contributed by atoms with Gasteiger partial charge in [0.05, 0.1) is 5.92 Å². The van der Waals surface area contributed by atoms with Crippen LogP contribution in [0.15, 0.2) is 11.3 Å². The van der Waals surface area contributed by atoms with E-state index in [2.05, 4.69) is 36.8 Å².